The quantitative estimate of drug-likeness (QED) is 0.429. The SMILES string of the molecule is CCOC(=O)C(CNc1ccc(OC)cc1)(c1ccc(Cl)cc1)[N+](=O)[O-]. The summed E-state index contributed by atoms with van der Waals surface area (Å²) in [5, 5.41) is 15.3. The molecule has 2 aromatic carbocycles. The predicted molar refractivity (Wildman–Crippen MR) is 98.2 cm³/mol. The van der Waals surface area contributed by atoms with Gasteiger partial charge in [0.25, 0.3) is 0 Å². The van der Waals surface area contributed by atoms with E-state index >= 15 is 0 Å². The molecule has 0 aromatic heterocycles. The van der Waals surface area contributed by atoms with Gasteiger partial charge in [0.2, 0.25) is 0 Å². The van der Waals surface area contributed by atoms with Crippen molar-refractivity contribution in [3.05, 3.63) is 69.2 Å². The van der Waals surface area contributed by atoms with Crippen LogP contribution in [-0.2, 0) is 15.1 Å². The number of methoxy groups -OCH3 is 1. The highest BCUT2D eigenvalue weighted by molar-refractivity contribution is 6.30. The first-order valence-corrected chi connectivity index (χ1v) is 8.27. The van der Waals surface area contributed by atoms with E-state index in [2.05, 4.69) is 5.32 Å². The van der Waals surface area contributed by atoms with E-state index in [4.69, 9.17) is 21.1 Å². The van der Waals surface area contributed by atoms with Crippen molar-refractivity contribution in [2.75, 3.05) is 25.6 Å². The molecular formula is C18H19ClN2O5. The summed E-state index contributed by atoms with van der Waals surface area (Å²) in [4.78, 5) is 23.9. The third kappa shape index (κ3) is 4.05. The Morgan fingerprint density at radius 1 is 1.19 bits per heavy atom. The highest BCUT2D eigenvalue weighted by atomic mass is 35.5. The number of hydrogen-bond acceptors (Lipinski definition) is 6. The molecule has 0 aliphatic heterocycles. The van der Waals surface area contributed by atoms with Crippen molar-refractivity contribution in [3.63, 3.8) is 0 Å². The van der Waals surface area contributed by atoms with Crippen LogP contribution in [0.3, 0.4) is 0 Å². The van der Waals surface area contributed by atoms with Gasteiger partial charge in [0, 0.05) is 21.2 Å². The molecule has 1 N–H and O–H groups in total. The summed E-state index contributed by atoms with van der Waals surface area (Å²) in [7, 11) is 1.54. The standard InChI is InChI=1S/C18H19ClN2O5/c1-3-26-17(22)18(21(23)24,13-4-6-14(19)7-5-13)12-20-15-8-10-16(25-2)11-9-15/h4-11,20H,3,12H2,1-2H3. The first kappa shape index (κ1) is 19.5. The van der Waals surface area contributed by atoms with Crippen molar-refractivity contribution < 1.29 is 19.2 Å². The fraction of sp³-hybridized carbons (Fsp3) is 0.278. The highest BCUT2D eigenvalue weighted by Gasteiger charge is 2.54. The van der Waals surface area contributed by atoms with Crippen molar-refractivity contribution in [3.8, 4) is 5.75 Å². The second-order valence-electron chi connectivity index (χ2n) is 5.43. The Labute approximate surface area is 156 Å². The molecule has 7 nitrogen and oxygen atoms in total. The fourth-order valence-corrected chi connectivity index (χ4v) is 2.58. The molecule has 1 unspecified atom stereocenters. The Hall–Kier alpha value is -2.80. The lowest BCUT2D eigenvalue weighted by Gasteiger charge is -2.24. The van der Waals surface area contributed by atoms with Crippen LogP contribution in [0.2, 0.25) is 5.02 Å². The maximum Gasteiger partial charge on any atom is 0.391 e. The van der Waals surface area contributed by atoms with E-state index in [0.717, 1.165) is 0 Å². The third-order valence-electron chi connectivity index (χ3n) is 3.88. The minimum absolute atomic E-state index is 0.0323. The largest absolute Gasteiger partial charge is 0.497 e. The van der Waals surface area contributed by atoms with Gasteiger partial charge in [0.05, 0.1) is 13.7 Å². The normalized spacial score (nSPS) is 12.7. The van der Waals surface area contributed by atoms with Gasteiger partial charge >= 0.3 is 11.5 Å². The minimum Gasteiger partial charge on any atom is -0.497 e. The molecule has 138 valence electrons. The number of nitrogens with zero attached hydrogens (tertiary/aromatic N) is 1. The summed E-state index contributed by atoms with van der Waals surface area (Å²) in [6.45, 7) is 1.35. The number of anilines is 1. The lowest BCUT2D eigenvalue weighted by atomic mass is 9.90. The van der Waals surface area contributed by atoms with Crippen LogP contribution in [0.4, 0.5) is 5.69 Å². The van der Waals surface area contributed by atoms with Crippen LogP contribution >= 0.6 is 11.6 Å². The lowest BCUT2D eigenvalue weighted by molar-refractivity contribution is -0.560. The molecule has 0 radical (unpaired) electrons. The van der Waals surface area contributed by atoms with Crippen molar-refractivity contribution in [2.45, 2.75) is 12.5 Å². The van der Waals surface area contributed by atoms with Crippen LogP contribution in [0.5, 0.6) is 5.75 Å². The molecule has 0 heterocycles. The Kier molecular flexibility index (Phi) is 6.41. The van der Waals surface area contributed by atoms with Gasteiger partial charge in [-0.3, -0.25) is 10.1 Å². The number of ether oxygens (including phenoxy) is 2. The average molecular weight is 379 g/mol. The lowest BCUT2D eigenvalue weighted by Crippen LogP contribution is -2.50. The van der Waals surface area contributed by atoms with Gasteiger partial charge in [-0.05, 0) is 55.5 Å². The topological polar surface area (TPSA) is 90.7 Å². The Morgan fingerprint density at radius 3 is 2.31 bits per heavy atom. The van der Waals surface area contributed by atoms with Crippen molar-refractivity contribution in [2.24, 2.45) is 0 Å². The Bertz CT molecular complexity index is 764. The van der Waals surface area contributed by atoms with E-state index in [-0.39, 0.29) is 18.7 Å². The zero-order chi connectivity index (χ0) is 19.2. The molecule has 26 heavy (non-hydrogen) atoms. The van der Waals surface area contributed by atoms with Gasteiger partial charge in [-0.15, -0.1) is 0 Å². The van der Waals surface area contributed by atoms with Gasteiger partial charge in [-0.25, -0.2) is 4.79 Å². The maximum absolute atomic E-state index is 12.6. The highest BCUT2D eigenvalue weighted by Crippen LogP contribution is 2.29. The molecule has 0 saturated heterocycles. The maximum atomic E-state index is 12.6. The number of rotatable bonds is 8. The van der Waals surface area contributed by atoms with Gasteiger partial charge in [-0.1, -0.05) is 11.6 Å². The molecule has 2 rings (SSSR count). The molecule has 0 aliphatic rings. The number of nitro groups is 1. The summed E-state index contributed by atoms with van der Waals surface area (Å²) in [6.07, 6.45) is 0. The van der Waals surface area contributed by atoms with Crippen LogP contribution in [0.15, 0.2) is 48.5 Å². The minimum atomic E-state index is -2.10. The van der Waals surface area contributed by atoms with Crippen LogP contribution < -0.4 is 10.1 Å². The first-order valence-electron chi connectivity index (χ1n) is 7.89. The zero-order valence-electron chi connectivity index (χ0n) is 14.4. The molecule has 1 atom stereocenters. The average Bonchev–Trinajstić information content (AvgIpc) is 2.64. The van der Waals surface area contributed by atoms with E-state index in [0.29, 0.717) is 16.5 Å². The predicted octanol–water partition coefficient (Wildman–Crippen LogP) is 3.50. The van der Waals surface area contributed by atoms with Crippen molar-refractivity contribution in [1.29, 1.82) is 0 Å². The van der Waals surface area contributed by atoms with E-state index in [1.54, 1.807) is 38.3 Å². The third-order valence-corrected chi connectivity index (χ3v) is 4.14. The number of hydrogen-bond donors (Lipinski definition) is 1. The fourth-order valence-electron chi connectivity index (χ4n) is 2.45. The van der Waals surface area contributed by atoms with Gasteiger partial charge < -0.3 is 14.8 Å². The van der Waals surface area contributed by atoms with Gasteiger partial charge in [0.1, 0.15) is 12.3 Å². The van der Waals surface area contributed by atoms with Gasteiger partial charge in [-0.2, -0.15) is 0 Å². The number of halogens is 1. The van der Waals surface area contributed by atoms with Crippen LogP contribution in [-0.4, -0.2) is 31.2 Å². The van der Waals surface area contributed by atoms with E-state index in [1.807, 2.05) is 0 Å². The van der Waals surface area contributed by atoms with E-state index in [1.165, 1.54) is 24.3 Å². The molecule has 0 bridgehead atoms. The number of nitrogens with one attached hydrogen (secondary N) is 1. The molecule has 0 spiro atoms. The number of carbonyl (C=O) groups excluding carboxylic acids is 1. The molecule has 0 aliphatic carbocycles. The second-order valence-corrected chi connectivity index (χ2v) is 5.86. The molecule has 0 amide bonds. The zero-order valence-corrected chi connectivity index (χ0v) is 15.2. The second kappa shape index (κ2) is 8.53. The van der Waals surface area contributed by atoms with E-state index < -0.39 is 16.4 Å². The summed E-state index contributed by atoms with van der Waals surface area (Å²) in [5.41, 5.74) is -1.30. The molecule has 8 heteroatoms. The number of benzene rings is 2. The van der Waals surface area contributed by atoms with Gasteiger partial charge in [0.15, 0.2) is 0 Å². The Balaban J connectivity index is 2.39. The Morgan fingerprint density at radius 2 is 1.81 bits per heavy atom. The van der Waals surface area contributed by atoms with Crippen LogP contribution in [0, 0.1) is 10.1 Å². The van der Waals surface area contributed by atoms with Crippen LogP contribution in [0.25, 0.3) is 0 Å². The smallest absolute Gasteiger partial charge is 0.391 e. The monoisotopic (exact) mass is 378 g/mol. The van der Waals surface area contributed by atoms with E-state index in [9.17, 15) is 14.9 Å². The molecule has 0 fully saturated rings. The number of esters is 1. The summed E-state index contributed by atoms with van der Waals surface area (Å²) >= 11 is 5.87. The molecule has 2 aromatic rings. The summed E-state index contributed by atoms with van der Waals surface area (Å²) in [6, 6.07) is 12.7. The molecular weight excluding hydrogens is 360 g/mol. The molecule has 0 saturated carbocycles. The summed E-state index contributed by atoms with van der Waals surface area (Å²) in [5.74, 6) is -0.285. The first-order chi connectivity index (χ1) is 12.4. The van der Waals surface area contributed by atoms with Crippen LogP contribution in [0.1, 0.15) is 12.5 Å². The van der Waals surface area contributed by atoms with Crippen molar-refractivity contribution in [1.82, 2.24) is 0 Å². The van der Waals surface area contributed by atoms with Crippen molar-refractivity contribution >= 4 is 23.3 Å². The number of carbonyl (C=O) groups is 1. The summed E-state index contributed by atoms with van der Waals surface area (Å²) < 4.78 is 10.1.